The predicted octanol–water partition coefficient (Wildman–Crippen LogP) is 4.17. The van der Waals surface area contributed by atoms with Gasteiger partial charge < -0.3 is 35.6 Å². The van der Waals surface area contributed by atoms with E-state index in [4.69, 9.17) is 9.47 Å². The first-order valence-corrected chi connectivity index (χ1v) is 21.0. The Labute approximate surface area is 365 Å². The van der Waals surface area contributed by atoms with Crippen LogP contribution in [0.5, 0.6) is 0 Å². The summed E-state index contributed by atoms with van der Waals surface area (Å²) >= 11 is 0. The van der Waals surface area contributed by atoms with E-state index in [1.807, 2.05) is 48.5 Å². The van der Waals surface area contributed by atoms with Crippen LogP contribution >= 0.6 is 0 Å². The molecule has 15 nitrogen and oxygen atoms in total. The van der Waals surface area contributed by atoms with Crippen LogP contribution in [0.1, 0.15) is 77.1 Å². The number of nitrogens with zero attached hydrogens (tertiary/aromatic N) is 2. The molecule has 6 amide bonds. The Bertz CT molecular complexity index is 2150. The number of methoxy groups -OCH3 is 2. The van der Waals surface area contributed by atoms with E-state index in [0.717, 1.165) is 34.4 Å². The zero-order valence-electron chi connectivity index (χ0n) is 36.7. The number of likely N-dealkylation sites (tertiary alicyclic amines) is 1. The van der Waals surface area contributed by atoms with Gasteiger partial charge in [-0.25, -0.2) is 18.4 Å². The molecular formula is C46H56F2N6O9. The second-order valence-corrected chi connectivity index (χ2v) is 16.6. The smallest absolute Gasteiger partial charge is 0.410 e. The molecule has 17 heteroatoms. The molecule has 3 aromatic carbocycles. The molecule has 3 aromatic rings. The van der Waals surface area contributed by atoms with Crippen LogP contribution in [-0.2, 0) is 44.7 Å². The van der Waals surface area contributed by atoms with E-state index < -0.39 is 101 Å². The van der Waals surface area contributed by atoms with E-state index in [1.54, 1.807) is 27.7 Å². The number of carbonyl (C=O) groups excluding carboxylic acids is 7. The van der Waals surface area contributed by atoms with Gasteiger partial charge in [0, 0.05) is 19.0 Å². The van der Waals surface area contributed by atoms with Gasteiger partial charge in [-0.3, -0.25) is 28.9 Å². The van der Waals surface area contributed by atoms with E-state index >= 15 is 0 Å². The van der Waals surface area contributed by atoms with Crippen molar-refractivity contribution in [2.45, 2.75) is 103 Å². The molecule has 1 aliphatic carbocycles. The lowest BCUT2D eigenvalue weighted by Gasteiger charge is -2.34. The second-order valence-electron chi connectivity index (χ2n) is 16.6. The van der Waals surface area contributed by atoms with E-state index in [1.165, 1.54) is 37.9 Å². The summed E-state index contributed by atoms with van der Waals surface area (Å²) in [5, 5.41) is 10.6. The number of fused-ring (bicyclic) bond motifs is 3. The molecule has 63 heavy (non-hydrogen) atoms. The normalized spacial score (nSPS) is 16.8. The molecular weight excluding hydrogens is 819 g/mol. The third-order valence-corrected chi connectivity index (χ3v) is 11.5. The molecule has 0 aromatic heterocycles. The van der Waals surface area contributed by atoms with E-state index in [9.17, 15) is 42.3 Å². The maximum atomic E-state index is 14.4. The Morgan fingerprint density at radius 2 is 1.29 bits per heavy atom. The molecule has 1 saturated heterocycles. The van der Waals surface area contributed by atoms with Crippen molar-refractivity contribution in [3.8, 4) is 11.1 Å². The minimum Gasteiger partial charge on any atom is -0.467 e. The lowest BCUT2D eigenvalue weighted by atomic mass is 9.99. The zero-order chi connectivity index (χ0) is 46.3. The number of rotatable bonds is 16. The average molecular weight is 875 g/mol. The Kier molecular flexibility index (Phi) is 15.6. The molecule has 0 unspecified atom stereocenters. The topological polar surface area (TPSA) is 193 Å². The maximum Gasteiger partial charge on any atom is 0.410 e. The predicted molar refractivity (Wildman–Crippen MR) is 227 cm³/mol. The number of esters is 1. The summed E-state index contributed by atoms with van der Waals surface area (Å²) < 4.78 is 38.8. The molecule has 0 saturated carbocycles. The van der Waals surface area contributed by atoms with Crippen molar-refractivity contribution in [3.05, 3.63) is 95.1 Å². The van der Waals surface area contributed by atoms with Crippen LogP contribution in [0.4, 0.5) is 13.6 Å². The summed E-state index contributed by atoms with van der Waals surface area (Å²) in [6, 6.07) is 9.84. The molecule has 0 spiro atoms. The summed E-state index contributed by atoms with van der Waals surface area (Å²) in [7, 11) is 2.40. The molecule has 1 fully saturated rings. The molecule has 2 aliphatic rings. The Morgan fingerprint density at radius 3 is 1.83 bits per heavy atom. The van der Waals surface area contributed by atoms with Crippen molar-refractivity contribution in [1.82, 2.24) is 31.1 Å². The van der Waals surface area contributed by atoms with Crippen molar-refractivity contribution in [2.75, 3.05) is 20.8 Å². The SMILES string of the molecule is COC(=O)[C@@H](NC(=O)[C@@H](NC(=O)[C@@H]1CCCN1C(=O)[C@H](Cc1cc(F)cc(F)c1)NC(=O)[C@H](C)NC(=O)[C@H](C)N(C(=O)OC)C1c2ccccc2-c2ccccc21)C(C)C)C(C)C. The number of benzene rings is 3. The number of ether oxygens (including phenoxy) is 2. The molecule has 1 heterocycles. The van der Waals surface area contributed by atoms with Gasteiger partial charge in [-0.1, -0.05) is 76.2 Å². The number of amides is 6. The van der Waals surface area contributed by atoms with Gasteiger partial charge in [-0.2, -0.15) is 0 Å². The van der Waals surface area contributed by atoms with Gasteiger partial charge in [0.05, 0.1) is 20.3 Å². The average Bonchev–Trinajstić information content (AvgIpc) is 3.87. The largest absolute Gasteiger partial charge is 0.467 e. The van der Waals surface area contributed by atoms with Crippen LogP contribution in [0.15, 0.2) is 66.7 Å². The van der Waals surface area contributed by atoms with Crippen molar-refractivity contribution in [1.29, 1.82) is 0 Å². The third-order valence-electron chi connectivity index (χ3n) is 11.5. The van der Waals surface area contributed by atoms with Crippen LogP contribution in [-0.4, -0.2) is 108 Å². The van der Waals surface area contributed by atoms with Gasteiger partial charge in [-0.05, 0) is 78.5 Å². The fraction of sp³-hybridized carbons (Fsp3) is 0.457. The van der Waals surface area contributed by atoms with Crippen molar-refractivity contribution >= 4 is 41.6 Å². The molecule has 6 atom stereocenters. The first-order chi connectivity index (χ1) is 29.9. The fourth-order valence-corrected chi connectivity index (χ4v) is 8.16. The monoisotopic (exact) mass is 874 g/mol. The van der Waals surface area contributed by atoms with E-state index in [0.29, 0.717) is 12.5 Å². The van der Waals surface area contributed by atoms with Gasteiger partial charge in [0.2, 0.25) is 29.5 Å². The van der Waals surface area contributed by atoms with Crippen molar-refractivity contribution < 1.29 is 51.8 Å². The molecule has 0 bridgehead atoms. The first kappa shape index (κ1) is 47.7. The van der Waals surface area contributed by atoms with Gasteiger partial charge in [0.1, 0.15) is 47.9 Å². The Hall–Kier alpha value is -6.39. The highest BCUT2D eigenvalue weighted by Gasteiger charge is 2.43. The van der Waals surface area contributed by atoms with E-state index in [2.05, 4.69) is 21.3 Å². The summed E-state index contributed by atoms with van der Waals surface area (Å²) in [6.07, 6.45) is -0.594. The molecule has 0 radical (unpaired) electrons. The third kappa shape index (κ3) is 10.8. The molecule has 4 N–H and O–H groups in total. The highest BCUT2D eigenvalue weighted by molar-refractivity contribution is 5.97. The first-order valence-electron chi connectivity index (χ1n) is 21.0. The summed E-state index contributed by atoms with van der Waals surface area (Å²) in [5.74, 6) is -6.84. The fourth-order valence-electron chi connectivity index (χ4n) is 8.16. The van der Waals surface area contributed by atoms with Crippen LogP contribution in [0, 0.1) is 23.5 Å². The summed E-state index contributed by atoms with van der Waals surface area (Å²) in [6.45, 7) is 9.81. The highest BCUT2D eigenvalue weighted by atomic mass is 19.1. The zero-order valence-corrected chi connectivity index (χ0v) is 36.7. The number of hydrogen-bond donors (Lipinski definition) is 4. The van der Waals surface area contributed by atoms with Gasteiger partial charge in [0.25, 0.3) is 0 Å². The van der Waals surface area contributed by atoms with Crippen LogP contribution in [0.3, 0.4) is 0 Å². The lowest BCUT2D eigenvalue weighted by Crippen LogP contribution is -2.60. The van der Waals surface area contributed by atoms with Gasteiger partial charge in [-0.15, -0.1) is 0 Å². The van der Waals surface area contributed by atoms with Crippen molar-refractivity contribution in [3.63, 3.8) is 0 Å². The van der Waals surface area contributed by atoms with Crippen molar-refractivity contribution in [2.24, 2.45) is 11.8 Å². The van der Waals surface area contributed by atoms with E-state index in [-0.39, 0.29) is 30.9 Å². The van der Waals surface area contributed by atoms with Gasteiger partial charge in [0.15, 0.2) is 0 Å². The Balaban J connectivity index is 1.35. The number of carbonyl (C=O) groups is 7. The molecule has 338 valence electrons. The van der Waals surface area contributed by atoms with Gasteiger partial charge >= 0.3 is 12.1 Å². The molecule has 5 rings (SSSR count). The lowest BCUT2D eigenvalue weighted by molar-refractivity contribution is -0.147. The van der Waals surface area contributed by atoms with Crippen LogP contribution < -0.4 is 21.3 Å². The standard InChI is InChI=1S/C46H56F2N6O9/c1-24(2)37(43(58)52-38(25(3)4)45(60)62-7)51-42(57)36-18-13-19-53(36)44(59)35(22-28-20-29(47)23-30(48)21-28)50-40(55)26(5)49-41(56)27(6)54(46(61)63-8)39-33-16-11-9-14-31(33)32-15-10-12-17-34(32)39/h9-12,14-17,20-21,23-27,35-39H,13,18-19,22H2,1-8H3,(H,49,56)(H,50,55)(H,51,57)(H,52,58)/t26-,27-,35-,36-,37-,38-/m0/s1. The number of hydrogen-bond acceptors (Lipinski definition) is 9. The Morgan fingerprint density at radius 1 is 0.714 bits per heavy atom. The number of halogens is 2. The number of nitrogens with one attached hydrogen (secondary N) is 4. The summed E-state index contributed by atoms with van der Waals surface area (Å²) in [4.78, 5) is 97.9. The highest BCUT2D eigenvalue weighted by Crippen LogP contribution is 2.47. The minimum absolute atomic E-state index is 0.0318. The maximum absolute atomic E-state index is 14.4. The van der Waals surface area contributed by atoms with Crippen LogP contribution in [0.25, 0.3) is 11.1 Å². The molecule has 1 aliphatic heterocycles. The summed E-state index contributed by atoms with van der Waals surface area (Å²) in [5.41, 5.74) is 3.36. The second kappa shape index (κ2) is 20.7. The minimum atomic E-state index is -1.47. The quantitative estimate of drug-likeness (QED) is 0.153. The van der Waals surface area contributed by atoms with Crippen LogP contribution in [0.2, 0.25) is 0 Å².